The Balaban J connectivity index is 2.78. The molecule has 0 amide bonds. The number of hydrogen-bond donors (Lipinski definition) is 2. The summed E-state index contributed by atoms with van der Waals surface area (Å²) in [5, 5.41) is 12.8. The average Bonchev–Trinajstić information content (AvgIpc) is 2.03. The number of carbonyl (C=O) groups is 1. The van der Waals surface area contributed by atoms with Crippen LogP contribution in [0.1, 0.15) is 34.1 Å². The van der Waals surface area contributed by atoms with Crippen molar-refractivity contribution in [3.05, 3.63) is 0 Å². The van der Waals surface area contributed by atoms with Crippen LogP contribution in [0, 0.1) is 0 Å². The van der Waals surface area contributed by atoms with E-state index in [2.05, 4.69) is 5.32 Å². The Morgan fingerprint density at radius 1 is 1.58 bits per heavy atom. The molecule has 0 aromatic carbocycles. The molecule has 0 aliphatic carbocycles. The zero-order valence-electron chi connectivity index (χ0n) is 8.14. The van der Waals surface area contributed by atoms with Crippen LogP contribution in [0.2, 0.25) is 0 Å². The zero-order chi connectivity index (χ0) is 9.57. The number of Topliss-reactive ketones (excluding diaryl/α,β-unsaturated/α-hetero) is 1. The Morgan fingerprint density at radius 3 is 2.25 bits per heavy atom. The van der Waals surface area contributed by atoms with Crippen LogP contribution in [0.3, 0.4) is 0 Å². The van der Waals surface area contributed by atoms with Crippen LogP contribution in [0.5, 0.6) is 0 Å². The minimum absolute atomic E-state index is 0.104. The molecule has 1 aliphatic rings. The molecule has 1 rings (SSSR count). The van der Waals surface area contributed by atoms with E-state index in [9.17, 15) is 9.90 Å². The maximum Gasteiger partial charge on any atom is 0.154 e. The summed E-state index contributed by atoms with van der Waals surface area (Å²) in [4.78, 5) is 11.4. The molecule has 0 saturated carbocycles. The quantitative estimate of drug-likeness (QED) is 0.603. The van der Waals surface area contributed by atoms with Crippen LogP contribution >= 0.6 is 0 Å². The highest BCUT2D eigenvalue weighted by Gasteiger charge is 2.44. The molecule has 3 heteroatoms. The third kappa shape index (κ3) is 1.84. The second-order valence-corrected chi connectivity index (χ2v) is 4.76. The van der Waals surface area contributed by atoms with Gasteiger partial charge in [0.25, 0.3) is 0 Å². The molecule has 70 valence electrons. The Hall–Kier alpha value is -0.410. The van der Waals surface area contributed by atoms with Gasteiger partial charge in [-0.25, -0.2) is 0 Å². The minimum Gasteiger partial charge on any atom is -0.388 e. The molecule has 1 aliphatic heterocycles. The average molecular weight is 171 g/mol. The number of rotatable bonds is 1. The summed E-state index contributed by atoms with van der Waals surface area (Å²) in [5.41, 5.74) is -1.12. The highest BCUT2D eigenvalue weighted by molar-refractivity contribution is 5.88. The summed E-state index contributed by atoms with van der Waals surface area (Å²) in [6.07, 6.45) is 0.502. The standard InChI is InChI=1S/C9H17NO2/c1-8(2)5-6(11)7(10-8)9(3,4)12/h7,10,12H,5H2,1-4H3. The largest absolute Gasteiger partial charge is 0.388 e. The number of ketones is 1. The summed E-state index contributed by atoms with van der Waals surface area (Å²) in [6.45, 7) is 7.25. The molecule has 1 fully saturated rings. The lowest BCUT2D eigenvalue weighted by atomic mass is 9.96. The van der Waals surface area contributed by atoms with Gasteiger partial charge in [0.2, 0.25) is 0 Å². The third-order valence-electron chi connectivity index (χ3n) is 2.18. The summed E-state index contributed by atoms with van der Waals surface area (Å²) in [5.74, 6) is 0.104. The predicted octanol–water partition coefficient (Wildman–Crippen LogP) is 0.467. The summed E-state index contributed by atoms with van der Waals surface area (Å²) in [7, 11) is 0. The van der Waals surface area contributed by atoms with Crippen molar-refractivity contribution in [2.75, 3.05) is 0 Å². The SMILES string of the molecule is CC1(C)CC(=O)C(C(C)(C)O)N1. The van der Waals surface area contributed by atoms with Gasteiger partial charge in [-0.15, -0.1) is 0 Å². The lowest BCUT2D eigenvalue weighted by Gasteiger charge is -2.27. The van der Waals surface area contributed by atoms with E-state index in [1.54, 1.807) is 13.8 Å². The van der Waals surface area contributed by atoms with Gasteiger partial charge < -0.3 is 5.11 Å². The molecule has 0 aromatic rings. The third-order valence-corrected chi connectivity index (χ3v) is 2.18. The van der Waals surface area contributed by atoms with E-state index in [0.717, 1.165) is 0 Å². The molecule has 3 nitrogen and oxygen atoms in total. The van der Waals surface area contributed by atoms with E-state index in [-0.39, 0.29) is 11.3 Å². The van der Waals surface area contributed by atoms with Crippen molar-refractivity contribution in [2.24, 2.45) is 0 Å². The smallest absolute Gasteiger partial charge is 0.154 e. The molecule has 1 atom stereocenters. The molecule has 12 heavy (non-hydrogen) atoms. The zero-order valence-corrected chi connectivity index (χ0v) is 8.14. The Labute approximate surface area is 73.2 Å². The van der Waals surface area contributed by atoms with Crippen molar-refractivity contribution in [3.8, 4) is 0 Å². The maximum absolute atomic E-state index is 11.4. The first-order chi connectivity index (χ1) is 5.22. The van der Waals surface area contributed by atoms with E-state index >= 15 is 0 Å². The Morgan fingerprint density at radius 2 is 2.08 bits per heavy atom. The second-order valence-electron chi connectivity index (χ2n) is 4.76. The van der Waals surface area contributed by atoms with E-state index in [1.165, 1.54) is 0 Å². The maximum atomic E-state index is 11.4. The van der Waals surface area contributed by atoms with Crippen molar-refractivity contribution in [3.63, 3.8) is 0 Å². The van der Waals surface area contributed by atoms with E-state index < -0.39 is 11.6 Å². The monoisotopic (exact) mass is 171 g/mol. The molecule has 1 saturated heterocycles. The van der Waals surface area contributed by atoms with Crippen molar-refractivity contribution in [2.45, 2.75) is 51.3 Å². The van der Waals surface area contributed by atoms with Crippen LogP contribution in [-0.4, -0.2) is 28.1 Å². The first kappa shape index (κ1) is 9.68. The van der Waals surface area contributed by atoms with Gasteiger partial charge >= 0.3 is 0 Å². The fraction of sp³-hybridized carbons (Fsp3) is 0.889. The molecule has 0 spiro atoms. The van der Waals surface area contributed by atoms with Crippen molar-refractivity contribution in [1.82, 2.24) is 5.32 Å². The topological polar surface area (TPSA) is 49.3 Å². The van der Waals surface area contributed by atoms with Crippen LogP contribution in [-0.2, 0) is 4.79 Å². The van der Waals surface area contributed by atoms with Gasteiger partial charge in [-0.3, -0.25) is 10.1 Å². The van der Waals surface area contributed by atoms with Crippen LogP contribution < -0.4 is 5.32 Å². The molecular weight excluding hydrogens is 154 g/mol. The summed E-state index contributed by atoms with van der Waals surface area (Å²) < 4.78 is 0. The van der Waals surface area contributed by atoms with Crippen LogP contribution in [0.4, 0.5) is 0 Å². The summed E-state index contributed by atoms with van der Waals surface area (Å²) >= 11 is 0. The lowest BCUT2D eigenvalue weighted by Crippen LogP contribution is -2.50. The molecular formula is C9H17NO2. The fourth-order valence-electron chi connectivity index (χ4n) is 1.63. The highest BCUT2D eigenvalue weighted by atomic mass is 16.3. The molecule has 0 bridgehead atoms. The highest BCUT2D eigenvalue weighted by Crippen LogP contribution is 2.25. The number of nitrogens with one attached hydrogen (secondary N) is 1. The van der Waals surface area contributed by atoms with E-state index in [0.29, 0.717) is 6.42 Å². The molecule has 0 aromatic heterocycles. The first-order valence-electron chi connectivity index (χ1n) is 4.25. The van der Waals surface area contributed by atoms with Gasteiger partial charge in [0.15, 0.2) is 5.78 Å². The number of aliphatic hydroxyl groups is 1. The molecule has 1 heterocycles. The first-order valence-corrected chi connectivity index (χ1v) is 4.25. The fourth-order valence-corrected chi connectivity index (χ4v) is 1.63. The van der Waals surface area contributed by atoms with E-state index in [4.69, 9.17) is 0 Å². The Kier molecular flexibility index (Phi) is 2.05. The lowest BCUT2D eigenvalue weighted by molar-refractivity contribution is -0.123. The van der Waals surface area contributed by atoms with Crippen LogP contribution in [0.15, 0.2) is 0 Å². The van der Waals surface area contributed by atoms with Gasteiger partial charge in [0.1, 0.15) is 0 Å². The molecule has 0 radical (unpaired) electrons. The predicted molar refractivity (Wildman–Crippen MR) is 46.9 cm³/mol. The van der Waals surface area contributed by atoms with E-state index in [1.807, 2.05) is 13.8 Å². The molecule has 2 N–H and O–H groups in total. The minimum atomic E-state index is -0.954. The van der Waals surface area contributed by atoms with Gasteiger partial charge in [-0.05, 0) is 27.7 Å². The normalized spacial score (nSPS) is 29.4. The van der Waals surface area contributed by atoms with Crippen molar-refractivity contribution in [1.29, 1.82) is 0 Å². The Bertz CT molecular complexity index is 203. The van der Waals surface area contributed by atoms with Gasteiger partial charge in [0, 0.05) is 12.0 Å². The second kappa shape index (κ2) is 2.54. The van der Waals surface area contributed by atoms with Crippen molar-refractivity contribution >= 4 is 5.78 Å². The van der Waals surface area contributed by atoms with Gasteiger partial charge in [-0.1, -0.05) is 0 Å². The van der Waals surface area contributed by atoms with Gasteiger partial charge in [0.05, 0.1) is 11.6 Å². The number of carbonyl (C=O) groups excluding carboxylic acids is 1. The van der Waals surface area contributed by atoms with Gasteiger partial charge in [-0.2, -0.15) is 0 Å². The molecule has 1 unspecified atom stereocenters. The summed E-state index contributed by atoms with van der Waals surface area (Å²) in [6, 6.07) is -0.410. The van der Waals surface area contributed by atoms with Crippen molar-refractivity contribution < 1.29 is 9.90 Å². The van der Waals surface area contributed by atoms with Crippen LogP contribution in [0.25, 0.3) is 0 Å². The number of hydrogen-bond acceptors (Lipinski definition) is 3.